The Balaban J connectivity index is 1.78. The van der Waals surface area contributed by atoms with Gasteiger partial charge in [0.05, 0.1) is 5.69 Å². The summed E-state index contributed by atoms with van der Waals surface area (Å²) in [5.41, 5.74) is 0.789. The number of alkyl halides is 3. The number of hydrogen-bond acceptors (Lipinski definition) is 4. The van der Waals surface area contributed by atoms with Crippen molar-refractivity contribution in [3.05, 3.63) is 76.7 Å². The van der Waals surface area contributed by atoms with Crippen molar-refractivity contribution < 1.29 is 18.0 Å². The lowest BCUT2D eigenvalue weighted by molar-refractivity contribution is -0.142. The second-order valence-corrected chi connectivity index (χ2v) is 6.94. The van der Waals surface area contributed by atoms with Crippen molar-refractivity contribution in [1.82, 2.24) is 19.6 Å². The first-order valence-electron chi connectivity index (χ1n) is 8.70. The summed E-state index contributed by atoms with van der Waals surface area (Å²) < 4.78 is 41.5. The van der Waals surface area contributed by atoms with Gasteiger partial charge in [0.1, 0.15) is 0 Å². The molecule has 0 aliphatic heterocycles. The van der Waals surface area contributed by atoms with Crippen molar-refractivity contribution in [3.8, 4) is 11.3 Å². The zero-order valence-corrected chi connectivity index (χ0v) is 16.2. The highest BCUT2D eigenvalue weighted by Crippen LogP contribution is 2.32. The van der Waals surface area contributed by atoms with Crippen LogP contribution in [0.15, 0.2) is 54.6 Å². The summed E-state index contributed by atoms with van der Waals surface area (Å²) in [5.74, 6) is -1.57. The standard InChI is InChI=1S/C20H13ClF3N5O/c1-11-5-7-12(8-6-11)15-10-16(20(22,23)24)29-19(26-15)27-17(28-29)18(30)25-14-4-2-3-13(21)9-14/h2-10H,1H3,(H,25,30). The Morgan fingerprint density at radius 1 is 1.07 bits per heavy atom. The fraction of sp³-hybridized carbons (Fsp3) is 0.100. The molecule has 30 heavy (non-hydrogen) atoms. The van der Waals surface area contributed by atoms with Crippen molar-refractivity contribution in [2.45, 2.75) is 13.1 Å². The lowest BCUT2D eigenvalue weighted by atomic mass is 10.1. The molecular formula is C20H13ClF3N5O. The summed E-state index contributed by atoms with van der Waals surface area (Å²) in [6.45, 7) is 1.87. The fourth-order valence-corrected chi connectivity index (χ4v) is 2.98. The molecular weight excluding hydrogens is 419 g/mol. The van der Waals surface area contributed by atoms with Crippen LogP contribution in [0.4, 0.5) is 18.9 Å². The van der Waals surface area contributed by atoms with E-state index in [-0.39, 0.29) is 11.5 Å². The molecule has 0 atom stereocenters. The van der Waals surface area contributed by atoms with Gasteiger partial charge in [0.2, 0.25) is 5.82 Å². The number of anilines is 1. The fourth-order valence-electron chi connectivity index (χ4n) is 2.79. The largest absolute Gasteiger partial charge is 0.433 e. The summed E-state index contributed by atoms with van der Waals surface area (Å²) >= 11 is 5.87. The van der Waals surface area contributed by atoms with Crippen molar-refractivity contribution in [3.63, 3.8) is 0 Å². The second kappa shape index (κ2) is 7.42. The van der Waals surface area contributed by atoms with Crippen LogP contribution in [0.5, 0.6) is 0 Å². The monoisotopic (exact) mass is 431 g/mol. The van der Waals surface area contributed by atoms with E-state index in [4.69, 9.17) is 11.6 Å². The molecule has 152 valence electrons. The summed E-state index contributed by atoms with van der Waals surface area (Å²) in [7, 11) is 0. The van der Waals surface area contributed by atoms with Gasteiger partial charge in [-0.25, -0.2) is 4.98 Å². The Labute approximate surface area is 173 Å². The molecule has 0 saturated heterocycles. The number of amides is 1. The molecule has 0 radical (unpaired) electrons. The number of benzene rings is 2. The third-order valence-corrected chi connectivity index (χ3v) is 4.47. The minimum atomic E-state index is -4.73. The average molecular weight is 432 g/mol. The van der Waals surface area contributed by atoms with Gasteiger partial charge in [-0.05, 0) is 31.2 Å². The van der Waals surface area contributed by atoms with Gasteiger partial charge in [0, 0.05) is 16.3 Å². The molecule has 1 N–H and O–H groups in total. The van der Waals surface area contributed by atoms with Crippen LogP contribution in [0.25, 0.3) is 17.0 Å². The van der Waals surface area contributed by atoms with E-state index in [1.165, 1.54) is 6.07 Å². The zero-order valence-electron chi connectivity index (χ0n) is 15.4. The van der Waals surface area contributed by atoms with E-state index in [0.717, 1.165) is 11.6 Å². The number of carbonyl (C=O) groups is 1. The number of aryl methyl sites for hydroxylation is 1. The van der Waals surface area contributed by atoms with E-state index in [1.807, 2.05) is 6.92 Å². The molecule has 0 bridgehead atoms. The number of rotatable bonds is 3. The third-order valence-electron chi connectivity index (χ3n) is 4.24. The molecule has 2 aromatic carbocycles. The minimum absolute atomic E-state index is 0.0732. The number of nitrogens with zero attached hydrogens (tertiary/aromatic N) is 4. The molecule has 10 heteroatoms. The first-order chi connectivity index (χ1) is 14.2. The molecule has 2 aromatic heterocycles. The lowest BCUT2D eigenvalue weighted by Crippen LogP contribution is -2.16. The number of halogens is 4. The van der Waals surface area contributed by atoms with Crippen molar-refractivity contribution in [2.75, 3.05) is 5.32 Å². The highest BCUT2D eigenvalue weighted by molar-refractivity contribution is 6.30. The maximum absolute atomic E-state index is 13.6. The molecule has 1 amide bonds. The van der Waals surface area contributed by atoms with Crippen LogP contribution in [0.3, 0.4) is 0 Å². The number of fused-ring (bicyclic) bond motifs is 1. The number of aromatic nitrogens is 4. The Kier molecular flexibility index (Phi) is 4.90. The molecule has 0 aliphatic rings. The SMILES string of the molecule is Cc1ccc(-c2cc(C(F)(F)F)n3nc(C(=O)Nc4cccc(Cl)c4)nc3n2)cc1. The van der Waals surface area contributed by atoms with Gasteiger partial charge in [-0.2, -0.15) is 22.7 Å². The molecule has 6 nitrogen and oxygen atoms in total. The molecule has 4 aromatic rings. The van der Waals surface area contributed by atoms with E-state index in [9.17, 15) is 18.0 Å². The maximum Gasteiger partial charge on any atom is 0.433 e. The number of hydrogen-bond donors (Lipinski definition) is 1. The first-order valence-corrected chi connectivity index (χ1v) is 9.07. The predicted molar refractivity (Wildman–Crippen MR) is 105 cm³/mol. The van der Waals surface area contributed by atoms with Gasteiger partial charge in [-0.1, -0.05) is 47.5 Å². The Morgan fingerprint density at radius 3 is 2.47 bits per heavy atom. The molecule has 2 heterocycles. The van der Waals surface area contributed by atoms with Crippen LogP contribution < -0.4 is 5.32 Å². The summed E-state index contributed by atoms with van der Waals surface area (Å²) in [4.78, 5) is 20.5. The van der Waals surface area contributed by atoms with E-state index in [1.54, 1.807) is 42.5 Å². The van der Waals surface area contributed by atoms with Crippen LogP contribution >= 0.6 is 11.6 Å². The lowest BCUT2D eigenvalue weighted by Gasteiger charge is -2.10. The van der Waals surface area contributed by atoms with E-state index in [0.29, 0.717) is 20.8 Å². The number of nitrogens with one attached hydrogen (secondary N) is 1. The Hall–Kier alpha value is -3.46. The minimum Gasteiger partial charge on any atom is -0.319 e. The molecule has 4 rings (SSSR count). The summed E-state index contributed by atoms with van der Waals surface area (Å²) in [6.07, 6.45) is -4.73. The Morgan fingerprint density at radius 2 is 1.80 bits per heavy atom. The predicted octanol–water partition coefficient (Wildman–Crippen LogP) is 5.02. The zero-order chi connectivity index (χ0) is 21.5. The topological polar surface area (TPSA) is 72.2 Å². The molecule has 0 unspecified atom stereocenters. The van der Waals surface area contributed by atoms with Gasteiger partial charge in [0.25, 0.3) is 11.7 Å². The van der Waals surface area contributed by atoms with Crippen LogP contribution in [-0.4, -0.2) is 25.5 Å². The molecule has 0 saturated carbocycles. The average Bonchev–Trinajstić information content (AvgIpc) is 3.11. The van der Waals surface area contributed by atoms with Gasteiger partial charge in [-0.15, -0.1) is 5.10 Å². The normalized spacial score (nSPS) is 11.6. The number of carbonyl (C=O) groups excluding carboxylic acids is 1. The highest BCUT2D eigenvalue weighted by atomic mass is 35.5. The van der Waals surface area contributed by atoms with Crippen LogP contribution in [0.2, 0.25) is 5.02 Å². The van der Waals surface area contributed by atoms with E-state index in [2.05, 4.69) is 20.4 Å². The smallest absolute Gasteiger partial charge is 0.319 e. The first kappa shape index (κ1) is 19.8. The van der Waals surface area contributed by atoms with E-state index >= 15 is 0 Å². The summed E-state index contributed by atoms with van der Waals surface area (Å²) in [6, 6.07) is 14.0. The van der Waals surface area contributed by atoms with Crippen LogP contribution in [-0.2, 0) is 6.18 Å². The molecule has 0 fully saturated rings. The Bertz CT molecular complexity index is 1250. The van der Waals surface area contributed by atoms with Gasteiger partial charge in [0.15, 0.2) is 5.69 Å². The van der Waals surface area contributed by atoms with Crippen molar-refractivity contribution in [2.24, 2.45) is 0 Å². The maximum atomic E-state index is 13.6. The quantitative estimate of drug-likeness (QED) is 0.494. The summed E-state index contributed by atoms with van der Waals surface area (Å²) in [5, 5.41) is 6.61. The van der Waals surface area contributed by atoms with Crippen molar-refractivity contribution >= 4 is 29.0 Å². The molecule has 0 aliphatic carbocycles. The van der Waals surface area contributed by atoms with E-state index < -0.39 is 23.6 Å². The van der Waals surface area contributed by atoms with Crippen LogP contribution in [0, 0.1) is 6.92 Å². The highest BCUT2D eigenvalue weighted by Gasteiger charge is 2.36. The van der Waals surface area contributed by atoms with Gasteiger partial charge in [-0.3, -0.25) is 4.79 Å². The van der Waals surface area contributed by atoms with Gasteiger partial charge < -0.3 is 5.32 Å². The third kappa shape index (κ3) is 3.97. The van der Waals surface area contributed by atoms with Crippen LogP contribution in [0.1, 0.15) is 21.9 Å². The molecule has 0 spiro atoms. The van der Waals surface area contributed by atoms with Crippen molar-refractivity contribution in [1.29, 1.82) is 0 Å². The second-order valence-electron chi connectivity index (χ2n) is 6.50. The van der Waals surface area contributed by atoms with Gasteiger partial charge >= 0.3 is 6.18 Å².